The van der Waals surface area contributed by atoms with Crippen molar-refractivity contribution in [2.24, 2.45) is 5.92 Å². The molecule has 3 rings (SSSR count). The third kappa shape index (κ3) is 2.84. The summed E-state index contributed by atoms with van der Waals surface area (Å²) in [5, 5.41) is 2.04. The van der Waals surface area contributed by atoms with Crippen LogP contribution in [0.1, 0.15) is 41.1 Å². The highest BCUT2D eigenvalue weighted by Gasteiger charge is 2.28. The lowest BCUT2D eigenvalue weighted by molar-refractivity contribution is -0.130. The number of carbonyl (C=O) groups excluding carboxylic acids is 2. The van der Waals surface area contributed by atoms with Crippen LogP contribution in [0.4, 0.5) is 0 Å². The molecule has 1 aliphatic heterocycles. The smallest absolute Gasteiger partial charge is 0.255 e. The van der Waals surface area contributed by atoms with E-state index in [4.69, 9.17) is 0 Å². The van der Waals surface area contributed by atoms with Crippen LogP contribution in [-0.2, 0) is 17.6 Å². The Kier molecular flexibility index (Phi) is 4.02. The van der Waals surface area contributed by atoms with E-state index in [1.54, 1.807) is 18.3 Å². The van der Waals surface area contributed by atoms with Crippen molar-refractivity contribution in [2.75, 3.05) is 26.2 Å². The predicted octanol–water partition coefficient (Wildman–Crippen LogP) is 2.18. The molecule has 21 heavy (non-hydrogen) atoms. The zero-order chi connectivity index (χ0) is 15.0. The van der Waals surface area contributed by atoms with Gasteiger partial charge in [0.25, 0.3) is 5.91 Å². The molecule has 1 fully saturated rings. The van der Waals surface area contributed by atoms with Gasteiger partial charge in [-0.1, -0.05) is 6.92 Å². The highest BCUT2D eigenvalue weighted by Crippen LogP contribution is 2.33. The molecule has 4 nitrogen and oxygen atoms in total. The Bertz CT molecular complexity index is 559. The summed E-state index contributed by atoms with van der Waals surface area (Å²) in [4.78, 5) is 29.2. The van der Waals surface area contributed by atoms with Gasteiger partial charge in [-0.2, -0.15) is 0 Å². The minimum atomic E-state index is 0.101. The molecule has 0 saturated carbocycles. The summed E-state index contributed by atoms with van der Waals surface area (Å²) in [6.45, 7) is 6.49. The van der Waals surface area contributed by atoms with Gasteiger partial charge in [0, 0.05) is 43.4 Å². The van der Waals surface area contributed by atoms with E-state index in [1.165, 1.54) is 16.9 Å². The van der Waals surface area contributed by atoms with E-state index >= 15 is 0 Å². The van der Waals surface area contributed by atoms with Crippen molar-refractivity contribution in [1.82, 2.24) is 9.80 Å². The molecule has 114 valence electrons. The van der Waals surface area contributed by atoms with E-state index in [0.717, 1.165) is 24.3 Å². The van der Waals surface area contributed by atoms with Crippen LogP contribution in [0.15, 0.2) is 5.38 Å². The second kappa shape index (κ2) is 5.79. The summed E-state index contributed by atoms with van der Waals surface area (Å²) >= 11 is 1.74. The van der Waals surface area contributed by atoms with Gasteiger partial charge in [0.15, 0.2) is 0 Å². The van der Waals surface area contributed by atoms with Gasteiger partial charge < -0.3 is 9.80 Å². The lowest BCUT2D eigenvalue weighted by Crippen LogP contribution is -2.50. The standard InChI is InChI=1S/C16H22N2O2S/c1-11-3-4-13-14(10-21-15(13)9-11)16(20)18-7-5-17(6-8-18)12(2)19/h10-11H,3-9H2,1-2H3. The lowest BCUT2D eigenvalue weighted by Gasteiger charge is -2.34. The summed E-state index contributed by atoms with van der Waals surface area (Å²) < 4.78 is 0. The fourth-order valence-electron chi connectivity index (χ4n) is 3.25. The largest absolute Gasteiger partial charge is 0.339 e. The summed E-state index contributed by atoms with van der Waals surface area (Å²) in [7, 11) is 0. The van der Waals surface area contributed by atoms with E-state index in [1.807, 2.05) is 15.2 Å². The van der Waals surface area contributed by atoms with Crippen molar-refractivity contribution >= 4 is 23.2 Å². The van der Waals surface area contributed by atoms with Gasteiger partial charge in [-0.3, -0.25) is 9.59 Å². The molecular formula is C16H22N2O2S. The number of hydrogen-bond donors (Lipinski definition) is 0. The van der Waals surface area contributed by atoms with Gasteiger partial charge in [0.2, 0.25) is 5.91 Å². The van der Waals surface area contributed by atoms with Crippen molar-refractivity contribution in [3.05, 3.63) is 21.4 Å². The summed E-state index contributed by atoms with van der Waals surface area (Å²) in [5.74, 6) is 0.993. The molecule has 1 atom stereocenters. The molecular weight excluding hydrogens is 284 g/mol. The predicted molar refractivity (Wildman–Crippen MR) is 83.7 cm³/mol. The quantitative estimate of drug-likeness (QED) is 0.798. The van der Waals surface area contributed by atoms with Crippen LogP contribution in [0.25, 0.3) is 0 Å². The molecule has 0 N–H and O–H groups in total. The second-order valence-electron chi connectivity index (χ2n) is 6.20. The molecule has 2 heterocycles. The van der Waals surface area contributed by atoms with E-state index in [9.17, 15) is 9.59 Å². The van der Waals surface area contributed by atoms with Crippen LogP contribution in [0.5, 0.6) is 0 Å². The topological polar surface area (TPSA) is 40.6 Å². The highest BCUT2D eigenvalue weighted by molar-refractivity contribution is 7.10. The number of amides is 2. The van der Waals surface area contributed by atoms with E-state index in [-0.39, 0.29) is 11.8 Å². The molecule has 5 heteroatoms. The molecule has 2 amide bonds. The van der Waals surface area contributed by atoms with Gasteiger partial charge in [-0.15, -0.1) is 11.3 Å². The molecule has 1 aromatic heterocycles. The van der Waals surface area contributed by atoms with Crippen LogP contribution in [0.3, 0.4) is 0 Å². The summed E-state index contributed by atoms with van der Waals surface area (Å²) in [6.07, 6.45) is 3.34. The Morgan fingerprint density at radius 3 is 2.52 bits per heavy atom. The maximum Gasteiger partial charge on any atom is 0.255 e. The second-order valence-corrected chi connectivity index (χ2v) is 7.16. The van der Waals surface area contributed by atoms with Crippen LogP contribution in [0, 0.1) is 5.92 Å². The van der Waals surface area contributed by atoms with Crippen molar-refractivity contribution < 1.29 is 9.59 Å². The van der Waals surface area contributed by atoms with Crippen molar-refractivity contribution in [2.45, 2.75) is 33.1 Å². The minimum Gasteiger partial charge on any atom is -0.339 e. The summed E-state index contributed by atoms with van der Waals surface area (Å²) in [6, 6.07) is 0. The van der Waals surface area contributed by atoms with Gasteiger partial charge in [-0.25, -0.2) is 0 Å². The monoisotopic (exact) mass is 306 g/mol. The van der Waals surface area contributed by atoms with Crippen LogP contribution < -0.4 is 0 Å². The summed E-state index contributed by atoms with van der Waals surface area (Å²) in [5.41, 5.74) is 2.20. The van der Waals surface area contributed by atoms with E-state index in [0.29, 0.717) is 26.2 Å². The molecule has 0 spiro atoms. The number of piperazine rings is 1. The zero-order valence-electron chi connectivity index (χ0n) is 12.7. The molecule has 0 radical (unpaired) electrons. The van der Waals surface area contributed by atoms with E-state index < -0.39 is 0 Å². The highest BCUT2D eigenvalue weighted by atomic mass is 32.1. The Morgan fingerprint density at radius 1 is 1.19 bits per heavy atom. The molecule has 1 aliphatic carbocycles. The normalized spacial score (nSPS) is 22.1. The number of hydrogen-bond acceptors (Lipinski definition) is 3. The Labute approximate surface area is 129 Å². The van der Waals surface area contributed by atoms with Gasteiger partial charge in [0.1, 0.15) is 0 Å². The van der Waals surface area contributed by atoms with Crippen LogP contribution >= 0.6 is 11.3 Å². The first kappa shape index (κ1) is 14.6. The molecule has 1 unspecified atom stereocenters. The van der Waals surface area contributed by atoms with Gasteiger partial charge in [0.05, 0.1) is 5.56 Å². The first-order valence-corrected chi connectivity index (χ1v) is 8.58. The van der Waals surface area contributed by atoms with Crippen molar-refractivity contribution in [1.29, 1.82) is 0 Å². The fourth-order valence-corrected chi connectivity index (χ4v) is 4.49. The Morgan fingerprint density at radius 2 is 1.86 bits per heavy atom. The third-order valence-corrected chi connectivity index (χ3v) is 5.70. The maximum atomic E-state index is 12.7. The molecule has 1 saturated heterocycles. The first-order chi connectivity index (χ1) is 10.1. The zero-order valence-corrected chi connectivity index (χ0v) is 13.5. The fraction of sp³-hybridized carbons (Fsp3) is 0.625. The molecule has 0 bridgehead atoms. The molecule has 1 aromatic rings. The maximum absolute atomic E-state index is 12.7. The lowest BCUT2D eigenvalue weighted by atomic mass is 9.88. The van der Waals surface area contributed by atoms with Crippen molar-refractivity contribution in [3.8, 4) is 0 Å². The van der Waals surface area contributed by atoms with E-state index in [2.05, 4.69) is 6.92 Å². The Balaban J connectivity index is 1.71. The number of nitrogens with zero attached hydrogens (tertiary/aromatic N) is 2. The van der Waals surface area contributed by atoms with Gasteiger partial charge in [-0.05, 0) is 30.7 Å². The van der Waals surface area contributed by atoms with Gasteiger partial charge >= 0.3 is 0 Å². The number of thiophene rings is 1. The number of fused-ring (bicyclic) bond motifs is 1. The SMILES string of the molecule is CC(=O)N1CCN(C(=O)c2csc3c2CCC(C)C3)CC1. The van der Waals surface area contributed by atoms with Crippen molar-refractivity contribution in [3.63, 3.8) is 0 Å². The molecule has 2 aliphatic rings. The average Bonchev–Trinajstić information content (AvgIpc) is 2.89. The van der Waals surface area contributed by atoms with Crippen LogP contribution in [-0.4, -0.2) is 47.8 Å². The number of rotatable bonds is 1. The average molecular weight is 306 g/mol. The number of carbonyl (C=O) groups is 2. The first-order valence-electron chi connectivity index (χ1n) is 7.70. The van der Waals surface area contributed by atoms with Crippen LogP contribution in [0.2, 0.25) is 0 Å². The Hall–Kier alpha value is -1.36. The third-order valence-electron chi connectivity index (χ3n) is 4.64. The minimum absolute atomic E-state index is 0.101. The molecule has 0 aromatic carbocycles.